The summed E-state index contributed by atoms with van der Waals surface area (Å²) in [5.74, 6) is -6.86. The van der Waals surface area contributed by atoms with E-state index in [-0.39, 0.29) is 6.42 Å². The maximum atomic E-state index is 13.5. The Kier molecular flexibility index (Phi) is 2.43. The quantitative estimate of drug-likeness (QED) is 0.367. The van der Waals surface area contributed by atoms with Crippen LogP contribution in [0.4, 0.5) is 17.6 Å². The van der Waals surface area contributed by atoms with E-state index in [2.05, 4.69) is 4.74 Å². The third-order valence-electron chi connectivity index (χ3n) is 3.15. The van der Waals surface area contributed by atoms with E-state index in [0.717, 1.165) is 0 Å². The van der Waals surface area contributed by atoms with Crippen molar-refractivity contribution in [3.63, 3.8) is 0 Å². The molecule has 1 aliphatic carbocycles. The molecule has 0 bridgehead atoms. The van der Waals surface area contributed by atoms with Crippen LogP contribution in [0.25, 0.3) is 0 Å². The van der Waals surface area contributed by atoms with Gasteiger partial charge < -0.3 is 4.74 Å². The van der Waals surface area contributed by atoms with Crippen LogP contribution in [0.1, 0.15) is 12.8 Å². The summed E-state index contributed by atoms with van der Waals surface area (Å²) in [5, 5.41) is 0. The lowest BCUT2D eigenvalue weighted by molar-refractivity contribution is -0.207. The monoisotopic (exact) mass is 240 g/mol. The van der Waals surface area contributed by atoms with Crippen LogP contribution in [0.15, 0.2) is 0 Å². The topological polar surface area (TPSA) is 43.4 Å². The molecule has 1 aliphatic heterocycles. The van der Waals surface area contributed by atoms with E-state index in [1.165, 1.54) is 0 Å². The summed E-state index contributed by atoms with van der Waals surface area (Å²) in [7, 11) is 0. The van der Waals surface area contributed by atoms with Gasteiger partial charge in [-0.2, -0.15) is 13.2 Å². The SMILES string of the molecule is O=C1OC(=O)C2C1CCC(C(F)(F)F)C2F. The second-order valence-corrected chi connectivity index (χ2v) is 4.04. The molecule has 0 aromatic heterocycles. The molecule has 1 saturated heterocycles. The lowest BCUT2D eigenvalue weighted by Gasteiger charge is -2.32. The van der Waals surface area contributed by atoms with E-state index >= 15 is 0 Å². The van der Waals surface area contributed by atoms with Crippen molar-refractivity contribution in [2.45, 2.75) is 25.2 Å². The normalized spacial score (nSPS) is 39.5. The first-order valence-electron chi connectivity index (χ1n) is 4.78. The van der Waals surface area contributed by atoms with Crippen LogP contribution in [0.5, 0.6) is 0 Å². The number of ether oxygens (including phenoxy) is 1. The van der Waals surface area contributed by atoms with Gasteiger partial charge in [0.1, 0.15) is 12.1 Å². The molecule has 4 unspecified atom stereocenters. The fourth-order valence-electron chi connectivity index (χ4n) is 2.32. The van der Waals surface area contributed by atoms with Gasteiger partial charge in [0.05, 0.1) is 11.8 Å². The van der Waals surface area contributed by atoms with E-state index in [9.17, 15) is 27.2 Å². The van der Waals surface area contributed by atoms with Crippen LogP contribution < -0.4 is 0 Å². The molecule has 0 aromatic rings. The number of alkyl halides is 4. The summed E-state index contributed by atoms with van der Waals surface area (Å²) < 4.78 is 54.9. The van der Waals surface area contributed by atoms with Crippen molar-refractivity contribution in [2.75, 3.05) is 0 Å². The number of halogens is 4. The van der Waals surface area contributed by atoms with E-state index in [1.54, 1.807) is 0 Å². The molecule has 16 heavy (non-hydrogen) atoms. The maximum Gasteiger partial charge on any atom is 0.394 e. The highest BCUT2D eigenvalue weighted by molar-refractivity contribution is 5.97. The number of cyclic esters (lactones) is 2. The molecular weight excluding hydrogens is 232 g/mol. The number of carbonyl (C=O) groups excluding carboxylic acids is 2. The van der Waals surface area contributed by atoms with Gasteiger partial charge in [-0.15, -0.1) is 0 Å². The minimum absolute atomic E-state index is 0.153. The van der Waals surface area contributed by atoms with E-state index in [1.807, 2.05) is 0 Å². The minimum Gasteiger partial charge on any atom is -0.393 e. The largest absolute Gasteiger partial charge is 0.394 e. The molecule has 0 radical (unpaired) electrons. The van der Waals surface area contributed by atoms with Gasteiger partial charge in [0.2, 0.25) is 0 Å². The Hall–Kier alpha value is -1.14. The summed E-state index contributed by atoms with van der Waals surface area (Å²) >= 11 is 0. The maximum absolute atomic E-state index is 13.5. The number of hydrogen-bond acceptors (Lipinski definition) is 3. The third-order valence-corrected chi connectivity index (χ3v) is 3.15. The van der Waals surface area contributed by atoms with Crippen molar-refractivity contribution in [1.29, 1.82) is 0 Å². The lowest BCUT2D eigenvalue weighted by Crippen LogP contribution is -2.44. The average Bonchev–Trinajstić information content (AvgIpc) is 2.41. The van der Waals surface area contributed by atoms with E-state index in [0.29, 0.717) is 0 Å². The number of rotatable bonds is 0. The van der Waals surface area contributed by atoms with Gasteiger partial charge in [-0.05, 0) is 12.8 Å². The summed E-state index contributed by atoms with van der Waals surface area (Å²) in [6.07, 6.45) is -7.69. The highest BCUT2D eigenvalue weighted by atomic mass is 19.4. The van der Waals surface area contributed by atoms with E-state index < -0.39 is 48.5 Å². The van der Waals surface area contributed by atoms with Crippen LogP contribution in [-0.2, 0) is 14.3 Å². The summed E-state index contributed by atoms with van der Waals surface area (Å²) in [4.78, 5) is 22.1. The molecule has 90 valence electrons. The predicted molar refractivity (Wildman–Crippen MR) is 41.8 cm³/mol. The molecule has 7 heteroatoms. The first-order valence-corrected chi connectivity index (χ1v) is 4.78. The smallest absolute Gasteiger partial charge is 0.393 e. The highest BCUT2D eigenvalue weighted by Crippen LogP contribution is 2.47. The molecule has 1 saturated carbocycles. The standard InChI is InChI=1S/C9H8F4O3/c10-6-4(9(11,12)13)2-1-3-5(6)8(15)16-7(3)14/h3-6H,1-2H2. The minimum atomic E-state index is -4.68. The predicted octanol–water partition coefficient (Wildman–Crippen LogP) is 1.61. The van der Waals surface area contributed by atoms with Gasteiger partial charge >= 0.3 is 18.1 Å². The van der Waals surface area contributed by atoms with Crippen molar-refractivity contribution in [2.24, 2.45) is 17.8 Å². The lowest BCUT2D eigenvalue weighted by atomic mass is 9.73. The van der Waals surface area contributed by atoms with Crippen LogP contribution in [0.2, 0.25) is 0 Å². The van der Waals surface area contributed by atoms with Crippen molar-refractivity contribution in [3.8, 4) is 0 Å². The molecule has 0 N–H and O–H groups in total. The van der Waals surface area contributed by atoms with Crippen molar-refractivity contribution in [3.05, 3.63) is 0 Å². The molecule has 0 amide bonds. The summed E-state index contributed by atoms with van der Waals surface area (Å²) in [5.41, 5.74) is 0. The summed E-state index contributed by atoms with van der Waals surface area (Å²) in [6, 6.07) is 0. The van der Waals surface area contributed by atoms with Crippen molar-refractivity contribution >= 4 is 11.9 Å². The Labute approximate surface area is 87.7 Å². The molecular formula is C9H8F4O3. The van der Waals surface area contributed by atoms with E-state index in [4.69, 9.17) is 0 Å². The van der Waals surface area contributed by atoms with Crippen molar-refractivity contribution < 1.29 is 31.9 Å². The average molecular weight is 240 g/mol. The van der Waals surface area contributed by atoms with Gasteiger partial charge in [0.25, 0.3) is 0 Å². The fraction of sp³-hybridized carbons (Fsp3) is 0.778. The molecule has 4 atom stereocenters. The van der Waals surface area contributed by atoms with Crippen LogP contribution in [-0.4, -0.2) is 24.3 Å². The van der Waals surface area contributed by atoms with Gasteiger partial charge in [-0.25, -0.2) is 4.39 Å². The van der Waals surface area contributed by atoms with Crippen LogP contribution >= 0.6 is 0 Å². The molecule has 1 heterocycles. The molecule has 2 rings (SSSR count). The zero-order valence-electron chi connectivity index (χ0n) is 7.96. The fourth-order valence-corrected chi connectivity index (χ4v) is 2.32. The molecule has 2 fully saturated rings. The first kappa shape index (κ1) is 11.3. The molecule has 3 nitrogen and oxygen atoms in total. The number of carbonyl (C=O) groups is 2. The van der Waals surface area contributed by atoms with Gasteiger partial charge in [0, 0.05) is 0 Å². The van der Waals surface area contributed by atoms with Gasteiger partial charge in [0.15, 0.2) is 0 Å². The number of esters is 2. The zero-order valence-corrected chi connectivity index (χ0v) is 7.96. The molecule has 0 spiro atoms. The van der Waals surface area contributed by atoms with Crippen LogP contribution in [0, 0.1) is 17.8 Å². The second-order valence-electron chi connectivity index (χ2n) is 4.04. The zero-order chi connectivity index (χ0) is 12.1. The Morgan fingerprint density at radius 3 is 2.31 bits per heavy atom. The summed E-state index contributed by atoms with van der Waals surface area (Å²) in [6.45, 7) is 0. The number of hydrogen-bond donors (Lipinski definition) is 0. The highest BCUT2D eigenvalue weighted by Gasteiger charge is 2.59. The third kappa shape index (κ3) is 1.58. The Morgan fingerprint density at radius 2 is 1.75 bits per heavy atom. The first-order chi connectivity index (χ1) is 7.32. The number of fused-ring (bicyclic) bond motifs is 1. The molecule has 0 aromatic carbocycles. The Morgan fingerprint density at radius 1 is 1.12 bits per heavy atom. The Balaban J connectivity index is 2.24. The second kappa shape index (κ2) is 3.43. The van der Waals surface area contributed by atoms with Gasteiger partial charge in [-0.3, -0.25) is 9.59 Å². The van der Waals surface area contributed by atoms with Gasteiger partial charge in [-0.1, -0.05) is 0 Å². The molecule has 2 aliphatic rings. The Bertz CT molecular complexity index is 338. The van der Waals surface area contributed by atoms with Crippen molar-refractivity contribution in [1.82, 2.24) is 0 Å². The van der Waals surface area contributed by atoms with Crippen LogP contribution in [0.3, 0.4) is 0 Å².